The second kappa shape index (κ2) is 11.4. The summed E-state index contributed by atoms with van der Waals surface area (Å²) in [6.07, 6.45) is 0.310. The minimum atomic E-state index is -0.359. The van der Waals surface area contributed by atoms with Gasteiger partial charge in [-0.25, -0.2) is 9.37 Å². The molecule has 0 aliphatic heterocycles. The first-order valence-corrected chi connectivity index (χ1v) is 12.6. The van der Waals surface area contributed by atoms with Gasteiger partial charge in [-0.2, -0.15) is 0 Å². The van der Waals surface area contributed by atoms with Crippen molar-refractivity contribution in [1.82, 2.24) is 9.88 Å². The average molecular weight is 476 g/mol. The molecule has 176 valence electrons. The van der Waals surface area contributed by atoms with Crippen molar-refractivity contribution in [2.45, 2.75) is 26.2 Å². The maximum absolute atomic E-state index is 14.4. The molecule has 34 heavy (non-hydrogen) atoms. The number of carbonyl (C=O) groups excluding carboxylic acids is 1. The fourth-order valence-electron chi connectivity index (χ4n) is 4.21. The zero-order valence-electron chi connectivity index (χ0n) is 19.7. The van der Waals surface area contributed by atoms with Gasteiger partial charge in [0, 0.05) is 25.4 Å². The number of aromatic nitrogens is 1. The van der Waals surface area contributed by atoms with Crippen molar-refractivity contribution in [3.05, 3.63) is 95.8 Å². The van der Waals surface area contributed by atoms with E-state index < -0.39 is 0 Å². The van der Waals surface area contributed by atoms with E-state index in [0.29, 0.717) is 23.6 Å². The van der Waals surface area contributed by atoms with Gasteiger partial charge in [0.25, 0.3) is 0 Å². The summed E-state index contributed by atoms with van der Waals surface area (Å²) in [4.78, 5) is 22.4. The van der Waals surface area contributed by atoms with Gasteiger partial charge in [-0.05, 0) is 36.3 Å². The van der Waals surface area contributed by atoms with Gasteiger partial charge in [-0.3, -0.25) is 9.69 Å². The molecule has 4 rings (SSSR count). The van der Waals surface area contributed by atoms with Crippen LogP contribution in [-0.2, 0) is 4.79 Å². The predicted molar refractivity (Wildman–Crippen MR) is 139 cm³/mol. The molecule has 0 bridgehead atoms. The van der Waals surface area contributed by atoms with E-state index >= 15 is 0 Å². The minimum Gasteiger partial charge on any atom is -0.302 e. The second-order valence-corrected chi connectivity index (χ2v) is 9.24. The lowest BCUT2D eigenvalue weighted by atomic mass is 9.88. The van der Waals surface area contributed by atoms with Crippen LogP contribution in [0.1, 0.15) is 37.3 Å². The smallest absolute Gasteiger partial charge is 0.229 e. The number of likely N-dealkylation sites (N-methyl/N-ethyl adjacent to an activating group) is 1. The molecule has 3 aromatic carbocycles. The highest BCUT2D eigenvalue weighted by atomic mass is 32.1. The lowest BCUT2D eigenvalue weighted by molar-refractivity contribution is -0.118. The fraction of sp³-hybridized carbons (Fsp3) is 0.286. The number of rotatable bonds is 10. The molecule has 1 aromatic heterocycles. The van der Waals surface area contributed by atoms with Gasteiger partial charge >= 0.3 is 0 Å². The molecule has 4 nitrogen and oxygen atoms in total. The summed E-state index contributed by atoms with van der Waals surface area (Å²) in [5.41, 5.74) is 2.52. The predicted octanol–water partition coefficient (Wildman–Crippen LogP) is 6.33. The van der Waals surface area contributed by atoms with Crippen LogP contribution in [-0.4, -0.2) is 42.0 Å². The highest BCUT2D eigenvalue weighted by molar-refractivity contribution is 7.22. The van der Waals surface area contributed by atoms with Crippen molar-refractivity contribution in [3.8, 4) is 0 Å². The number of carbonyl (C=O) groups is 1. The Labute approximate surface area is 204 Å². The number of para-hydroxylation sites is 1. The zero-order chi connectivity index (χ0) is 23.9. The van der Waals surface area contributed by atoms with E-state index in [1.807, 2.05) is 42.5 Å². The number of benzene rings is 3. The van der Waals surface area contributed by atoms with Crippen LogP contribution in [0.4, 0.5) is 9.52 Å². The van der Waals surface area contributed by atoms with Gasteiger partial charge in [0.2, 0.25) is 5.91 Å². The Morgan fingerprint density at radius 2 is 1.50 bits per heavy atom. The van der Waals surface area contributed by atoms with Crippen LogP contribution in [0.15, 0.2) is 78.9 Å². The van der Waals surface area contributed by atoms with E-state index in [1.54, 1.807) is 11.0 Å². The van der Waals surface area contributed by atoms with Crippen molar-refractivity contribution in [2.75, 3.05) is 31.1 Å². The number of nitrogens with zero attached hydrogens (tertiary/aromatic N) is 3. The van der Waals surface area contributed by atoms with E-state index in [1.165, 1.54) is 17.4 Å². The summed E-state index contributed by atoms with van der Waals surface area (Å²) in [7, 11) is 0. The molecule has 0 N–H and O–H groups in total. The van der Waals surface area contributed by atoms with Crippen molar-refractivity contribution in [1.29, 1.82) is 0 Å². The molecule has 0 aliphatic carbocycles. The summed E-state index contributed by atoms with van der Waals surface area (Å²) >= 11 is 1.37. The number of fused-ring (bicyclic) bond motifs is 1. The molecule has 0 atom stereocenters. The van der Waals surface area contributed by atoms with Gasteiger partial charge < -0.3 is 4.90 Å². The molecule has 0 saturated carbocycles. The lowest BCUT2D eigenvalue weighted by Gasteiger charge is -2.26. The zero-order valence-corrected chi connectivity index (χ0v) is 20.5. The molecule has 1 heterocycles. The second-order valence-electron chi connectivity index (χ2n) is 8.23. The summed E-state index contributed by atoms with van der Waals surface area (Å²) in [5, 5.41) is 0.553. The van der Waals surface area contributed by atoms with Crippen molar-refractivity contribution >= 4 is 32.6 Å². The van der Waals surface area contributed by atoms with Crippen LogP contribution in [0.3, 0.4) is 0 Å². The molecule has 0 radical (unpaired) electrons. The first kappa shape index (κ1) is 24.0. The number of hydrogen-bond acceptors (Lipinski definition) is 4. The Morgan fingerprint density at radius 3 is 2.06 bits per heavy atom. The maximum atomic E-state index is 14.4. The van der Waals surface area contributed by atoms with Crippen LogP contribution in [0.2, 0.25) is 0 Å². The summed E-state index contributed by atoms with van der Waals surface area (Å²) < 4.78 is 15.1. The molecule has 6 heteroatoms. The Hall–Kier alpha value is -3.09. The first-order chi connectivity index (χ1) is 16.6. The van der Waals surface area contributed by atoms with Crippen molar-refractivity contribution < 1.29 is 9.18 Å². The molecule has 0 spiro atoms. The molecule has 0 fully saturated rings. The third-order valence-corrected chi connectivity index (χ3v) is 7.25. The SMILES string of the molecule is CCN(CC)CCN(C(=O)CC(c1ccccc1)c1ccccc1)c1nc2c(F)cccc2s1. The van der Waals surface area contributed by atoms with Gasteiger partial charge in [-0.15, -0.1) is 0 Å². The van der Waals surface area contributed by atoms with Gasteiger partial charge in [-0.1, -0.05) is 91.9 Å². The Balaban J connectivity index is 1.67. The van der Waals surface area contributed by atoms with Crippen molar-refractivity contribution in [3.63, 3.8) is 0 Å². The Bertz CT molecular complexity index is 1170. The Kier molecular flexibility index (Phi) is 8.03. The molecular formula is C28H30FN3OS. The molecule has 0 saturated heterocycles. The highest BCUT2D eigenvalue weighted by Gasteiger charge is 2.26. The number of thiazole rings is 1. The Morgan fingerprint density at radius 1 is 0.882 bits per heavy atom. The highest BCUT2D eigenvalue weighted by Crippen LogP contribution is 2.33. The summed E-state index contributed by atoms with van der Waals surface area (Å²) in [5.74, 6) is -0.441. The first-order valence-electron chi connectivity index (χ1n) is 11.8. The largest absolute Gasteiger partial charge is 0.302 e. The van der Waals surface area contributed by atoms with Gasteiger partial charge in [0.15, 0.2) is 5.13 Å². The normalized spacial score (nSPS) is 11.4. The molecular weight excluding hydrogens is 445 g/mol. The number of anilines is 1. The molecule has 0 aliphatic rings. The van der Waals surface area contributed by atoms with Crippen LogP contribution in [0, 0.1) is 5.82 Å². The number of hydrogen-bond donors (Lipinski definition) is 0. The number of halogens is 1. The van der Waals surface area contributed by atoms with Gasteiger partial charge in [0.1, 0.15) is 11.3 Å². The van der Waals surface area contributed by atoms with E-state index in [4.69, 9.17) is 0 Å². The standard InChI is InChI=1S/C28H30FN3OS/c1-3-31(4-2)18-19-32(28-30-27-24(29)16-11-17-25(27)34-28)26(33)20-23(21-12-7-5-8-13-21)22-14-9-6-10-15-22/h5-17,23H,3-4,18-20H2,1-2H3. The van der Waals surface area contributed by atoms with Gasteiger partial charge in [0.05, 0.1) is 4.70 Å². The number of amides is 1. The van der Waals surface area contributed by atoms with E-state index in [2.05, 4.69) is 48.0 Å². The lowest BCUT2D eigenvalue weighted by Crippen LogP contribution is -2.39. The third kappa shape index (κ3) is 5.51. The molecule has 1 amide bonds. The molecule has 0 unspecified atom stereocenters. The van der Waals surface area contributed by atoms with Crippen LogP contribution < -0.4 is 4.90 Å². The van der Waals surface area contributed by atoms with Crippen LogP contribution in [0.25, 0.3) is 10.2 Å². The van der Waals surface area contributed by atoms with E-state index in [0.717, 1.165) is 35.5 Å². The van der Waals surface area contributed by atoms with Crippen LogP contribution >= 0.6 is 11.3 Å². The monoisotopic (exact) mass is 475 g/mol. The van der Waals surface area contributed by atoms with Crippen LogP contribution in [0.5, 0.6) is 0 Å². The quantitative estimate of drug-likeness (QED) is 0.269. The average Bonchev–Trinajstić information content (AvgIpc) is 3.31. The minimum absolute atomic E-state index is 0.00988. The van der Waals surface area contributed by atoms with E-state index in [-0.39, 0.29) is 17.6 Å². The summed E-state index contributed by atoms with van der Waals surface area (Å²) in [6.45, 7) is 7.29. The third-order valence-electron chi connectivity index (χ3n) is 6.21. The topological polar surface area (TPSA) is 36.4 Å². The fourth-order valence-corrected chi connectivity index (χ4v) is 5.23. The van der Waals surface area contributed by atoms with E-state index in [9.17, 15) is 9.18 Å². The maximum Gasteiger partial charge on any atom is 0.229 e. The summed E-state index contributed by atoms with van der Waals surface area (Å²) in [6, 6.07) is 25.2. The molecule has 4 aromatic rings. The van der Waals surface area contributed by atoms with Crippen molar-refractivity contribution in [2.24, 2.45) is 0 Å².